The molecule has 0 aliphatic heterocycles. The van der Waals surface area contributed by atoms with Crippen molar-refractivity contribution in [1.29, 1.82) is 0 Å². The Morgan fingerprint density at radius 3 is 2.17 bits per heavy atom. The largest absolute Gasteiger partial charge is 0.497 e. The Hall–Kier alpha value is -3.01. The Morgan fingerprint density at radius 2 is 1.62 bits per heavy atom. The monoisotopic (exact) mass is 324 g/mol. The highest BCUT2D eigenvalue weighted by atomic mass is 16.5. The van der Waals surface area contributed by atoms with Crippen LogP contribution in [0.3, 0.4) is 0 Å². The van der Waals surface area contributed by atoms with Gasteiger partial charge in [0.15, 0.2) is 5.78 Å². The molecule has 0 saturated heterocycles. The molecule has 0 aliphatic carbocycles. The van der Waals surface area contributed by atoms with Crippen LogP contribution in [0.1, 0.15) is 15.9 Å². The molecule has 0 unspecified atom stereocenters. The van der Waals surface area contributed by atoms with E-state index in [1.807, 2.05) is 12.1 Å². The van der Waals surface area contributed by atoms with Gasteiger partial charge in [0.05, 0.1) is 14.2 Å². The summed E-state index contributed by atoms with van der Waals surface area (Å²) < 4.78 is 15.8. The van der Waals surface area contributed by atoms with Crippen LogP contribution in [0.25, 0.3) is 6.08 Å². The van der Waals surface area contributed by atoms with Crippen LogP contribution in [0.5, 0.6) is 17.2 Å². The van der Waals surface area contributed by atoms with Crippen LogP contribution in [0.15, 0.2) is 61.2 Å². The standard InChI is InChI=1S/C20H20O4/c1-4-11-24-17-8-6-16(7-9-17)20(21)10-5-15-12-18(22-2)14-19(13-15)23-3/h4-10,12-14H,1,11H2,2-3H3/b10-5+. The van der Waals surface area contributed by atoms with Gasteiger partial charge < -0.3 is 14.2 Å². The molecule has 0 aliphatic rings. The van der Waals surface area contributed by atoms with Gasteiger partial charge in [-0.05, 0) is 48.0 Å². The molecule has 0 spiro atoms. The first-order valence-electron chi connectivity index (χ1n) is 7.45. The van der Waals surface area contributed by atoms with Crippen LogP contribution in [-0.2, 0) is 0 Å². The van der Waals surface area contributed by atoms with Crippen LogP contribution < -0.4 is 14.2 Å². The summed E-state index contributed by atoms with van der Waals surface area (Å²) in [5.74, 6) is 1.95. The summed E-state index contributed by atoms with van der Waals surface area (Å²) in [6.45, 7) is 4.03. The Kier molecular flexibility index (Phi) is 6.20. The zero-order valence-electron chi connectivity index (χ0n) is 13.8. The van der Waals surface area contributed by atoms with Crippen LogP contribution in [0.4, 0.5) is 0 Å². The molecule has 124 valence electrons. The fraction of sp³-hybridized carbons (Fsp3) is 0.150. The second-order valence-electron chi connectivity index (χ2n) is 4.97. The number of carbonyl (C=O) groups excluding carboxylic acids is 1. The van der Waals surface area contributed by atoms with Crippen LogP contribution in [-0.4, -0.2) is 26.6 Å². The number of benzene rings is 2. The van der Waals surface area contributed by atoms with Crippen molar-refractivity contribution in [3.63, 3.8) is 0 Å². The van der Waals surface area contributed by atoms with E-state index in [-0.39, 0.29) is 5.78 Å². The molecule has 0 atom stereocenters. The topological polar surface area (TPSA) is 44.8 Å². The van der Waals surface area contributed by atoms with E-state index >= 15 is 0 Å². The molecule has 4 heteroatoms. The second kappa shape index (κ2) is 8.58. The van der Waals surface area contributed by atoms with Gasteiger partial charge in [0.1, 0.15) is 23.9 Å². The average molecular weight is 324 g/mol. The summed E-state index contributed by atoms with van der Waals surface area (Å²) in [7, 11) is 3.17. The molecule has 0 radical (unpaired) electrons. The van der Waals surface area contributed by atoms with Gasteiger partial charge in [-0.25, -0.2) is 0 Å². The van der Waals surface area contributed by atoms with Gasteiger partial charge in [-0.2, -0.15) is 0 Å². The lowest BCUT2D eigenvalue weighted by molar-refractivity contribution is 0.104. The van der Waals surface area contributed by atoms with E-state index < -0.39 is 0 Å². The molecule has 0 heterocycles. The molecular formula is C20H20O4. The minimum absolute atomic E-state index is 0.0907. The number of allylic oxidation sites excluding steroid dienone is 1. The minimum Gasteiger partial charge on any atom is -0.497 e. The van der Waals surface area contributed by atoms with Crippen molar-refractivity contribution in [2.75, 3.05) is 20.8 Å². The molecule has 24 heavy (non-hydrogen) atoms. The number of carbonyl (C=O) groups is 1. The third-order valence-corrected chi connectivity index (χ3v) is 3.31. The molecule has 0 fully saturated rings. The highest BCUT2D eigenvalue weighted by Crippen LogP contribution is 2.23. The first-order chi connectivity index (χ1) is 11.7. The molecule has 0 bridgehead atoms. The van der Waals surface area contributed by atoms with Gasteiger partial charge in [0.2, 0.25) is 0 Å². The first-order valence-corrected chi connectivity index (χ1v) is 7.45. The Balaban J connectivity index is 2.11. The highest BCUT2D eigenvalue weighted by molar-refractivity contribution is 6.06. The molecule has 0 amide bonds. The molecule has 0 aromatic heterocycles. The fourth-order valence-corrected chi connectivity index (χ4v) is 2.06. The van der Waals surface area contributed by atoms with Gasteiger partial charge in [0.25, 0.3) is 0 Å². The molecule has 2 rings (SSSR count). The van der Waals surface area contributed by atoms with Crippen molar-refractivity contribution >= 4 is 11.9 Å². The maximum Gasteiger partial charge on any atom is 0.185 e. The molecule has 4 nitrogen and oxygen atoms in total. The van der Waals surface area contributed by atoms with E-state index in [2.05, 4.69) is 6.58 Å². The van der Waals surface area contributed by atoms with Crippen molar-refractivity contribution in [2.45, 2.75) is 0 Å². The zero-order valence-corrected chi connectivity index (χ0v) is 13.8. The smallest absolute Gasteiger partial charge is 0.185 e. The number of rotatable bonds is 8. The van der Waals surface area contributed by atoms with E-state index in [1.54, 1.807) is 56.7 Å². The Labute approximate surface area is 142 Å². The van der Waals surface area contributed by atoms with Gasteiger partial charge in [-0.1, -0.05) is 18.7 Å². The second-order valence-corrected chi connectivity index (χ2v) is 4.97. The van der Waals surface area contributed by atoms with Crippen LogP contribution in [0.2, 0.25) is 0 Å². The number of ether oxygens (including phenoxy) is 3. The van der Waals surface area contributed by atoms with E-state index in [4.69, 9.17) is 14.2 Å². The number of hydrogen-bond donors (Lipinski definition) is 0. The lowest BCUT2D eigenvalue weighted by Gasteiger charge is -2.06. The summed E-state index contributed by atoms with van der Waals surface area (Å²) in [6, 6.07) is 12.4. The van der Waals surface area contributed by atoms with Gasteiger partial charge in [0, 0.05) is 11.6 Å². The summed E-state index contributed by atoms with van der Waals surface area (Å²) >= 11 is 0. The summed E-state index contributed by atoms with van der Waals surface area (Å²) in [5.41, 5.74) is 1.41. The number of ketones is 1. The molecule has 0 saturated carbocycles. The highest BCUT2D eigenvalue weighted by Gasteiger charge is 2.04. The Bertz CT molecular complexity index is 708. The van der Waals surface area contributed by atoms with Gasteiger partial charge in [-0.3, -0.25) is 4.79 Å². The SMILES string of the molecule is C=CCOc1ccc(C(=O)/C=C/c2cc(OC)cc(OC)c2)cc1. The maximum atomic E-state index is 12.2. The number of hydrogen-bond acceptors (Lipinski definition) is 4. The maximum absolute atomic E-state index is 12.2. The molecular weight excluding hydrogens is 304 g/mol. The van der Waals surface area contributed by atoms with E-state index in [1.165, 1.54) is 6.08 Å². The number of methoxy groups -OCH3 is 2. The van der Waals surface area contributed by atoms with E-state index in [0.717, 1.165) is 5.56 Å². The summed E-state index contributed by atoms with van der Waals surface area (Å²) in [4.78, 5) is 12.2. The Morgan fingerprint density at radius 1 is 1.00 bits per heavy atom. The van der Waals surface area contributed by atoms with Crippen molar-refractivity contribution in [2.24, 2.45) is 0 Å². The average Bonchev–Trinajstić information content (AvgIpc) is 2.64. The summed E-state index contributed by atoms with van der Waals surface area (Å²) in [6.07, 6.45) is 4.92. The normalized spacial score (nSPS) is 10.4. The van der Waals surface area contributed by atoms with Crippen LogP contribution in [0, 0.1) is 0 Å². The van der Waals surface area contributed by atoms with Crippen molar-refractivity contribution < 1.29 is 19.0 Å². The van der Waals surface area contributed by atoms with Crippen LogP contribution >= 0.6 is 0 Å². The third-order valence-electron chi connectivity index (χ3n) is 3.31. The third kappa shape index (κ3) is 4.74. The first kappa shape index (κ1) is 17.3. The van der Waals surface area contributed by atoms with Gasteiger partial charge >= 0.3 is 0 Å². The molecule has 2 aromatic rings. The molecule has 0 N–H and O–H groups in total. The van der Waals surface area contributed by atoms with E-state index in [0.29, 0.717) is 29.4 Å². The lowest BCUT2D eigenvalue weighted by atomic mass is 10.1. The van der Waals surface area contributed by atoms with E-state index in [9.17, 15) is 4.79 Å². The van der Waals surface area contributed by atoms with Gasteiger partial charge in [-0.15, -0.1) is 0 Å². The molecule has 2 aromatic carbocycles. The lowest BCUT2D eigenvalue weighted by Crippen LogP contribution is -1.96. The quantitative estimate of drug-likeness (QED) is 0.415. The fourth-order valence-electron chi connectivity index (χ4n) is 2.06. The predicted octanol–water partition coefficient (Wildman–Crippen LogP) is 4.16. The predicted molar refractivity (Wildman–Crippen MR) is 95.0 cm³/mol. The van der Waals surface area contributed by atoms with Crippen molar-refractivity contribution in [3.8, 4) is 17.2 Å². The zero-order chi connectivity index (χ0) is 17.4. The van der Waals surface area contributed by atoms with Crippen molar-refractivity contribution in [1.82, 2.24) is 0 Å². The minimum atomic E-state index is -0.0907. The van der Waals surface area contributed by atoms with Crippen molar-refractivity contribution in [3.05, 3.63) is 72.3 Å². The summed E-state index contributed by atoms with van der Waals surface area (Å²) in [5, 5.41) is 0.